The molecule has 0 saturated heterocycles. The summed E-state index contributed by atoms with van der Waals surface area (Å²) in [6.45, 7) is 7.41. The van der Waals surface area contributed by atoms with Crippen molar-refractivity contribution in [2.45, 2.75) is 59.3 Å². The van der Waals surface area contributed by atoms with E-state index < -0.39 is 0 Å². The van der Waals surface area contributed by atoms with E-state index in [1.54, 1.807) is 0 Å². The molecule has 2 heteroatoms. The third kappa shape index (κ3) is 8.09. The van der Waals surface area contributed by atoms with Crippen LogP contribution >= 0.6 is 0 Å². The van der Waals surface area contributed by atoms with Gasteiger partial charge in [0.05, 0.1) is 0 Å². The second-order valence-electron chi connectivity index (χ2n) is 4.11. The summed E-state index contributed by atoms with van der Waals surface area (Å²) < 4.78 is 0. The van der Waals surface area contributed by atoms with Crippen LogP contribution in [0.2, 0.25) is 0 Å². The second kappa shape index (κ2) is 9.04. The van der Waals surface area contributed by atoms with E-state index in [4.69, 9.17) is 0 Å². The zero-order chi connectivity index (χ0) is 10.8. The van der Waals surface area contributed by atoms with Gasteiger partial charge in [-0.15, -0.1) is 0 Å². The Kier molecular flexibility index (Phi) is 8.70. The molecule has 2 nitrogen and oxygen atoms in total. The van der Waals surface area contributed by atoms with Crippen LogP contribution in [-0.4, -0.2) is 12.5 Å². The molecular formula is C12H25NO. The van der Waals surface area contributed by atoms with E-state index in [1.165, 1.54) is 19.3 Å². The van der Waals surface area contributed by atoms with Crippen molar-refractivity contribution in [1.29, 1.82) is 0 Å². The molecule has 1 amide bonds. The molecule has 1 N–H and O–H groups in total. The van der Waals surface area contributed by atoms with Crippen LogP contribution in [-0.2, 0) is 4.79 Å². The van der Waals surface area contributed by atoms with Gasteiger partial charge in [-0.1, -0.05) is 40.0 Å². The molecule has 0 aliphatic carbocycles. The number of carbonyl (C=O) groups is 1. The molecule has 0 heterocycles. The van der Waals surface area contributed by atoms with E-state index in [2.05, 4.69) is 26.1 Å². The molecule has 0 aromatic carbocycles. The van der Waals surface area contributed by atoms with Gasteiger partial charge in [0, 0.05) is 13.0 Å². The number of hydrogen-bond acceptors (Lipinski definition) is 1. The average Bonchev–Trinajstić information content (AvgIpc) is 2.18. The lowest BCUT2D eigenvalue weighted by atomic mass is 10.1. The average molecular weight is 199 g/mol. The Hall–Kier alpha value is -0.530. The minimum absolute atomic E-state index is 0.224. The molecule has 0 bridgehead atoms. The van der Waals surface area contributed by atoms with Crippen LogP contribution in [0.25, 0.3) is 0 Å². The Labute approximate surface area is 88.5 Å². The Morgan fingerprint density at radius 1 is 1.29 bits per heavy atom. The predicted octanol–water partition coefficient (Wildman–Crippen LogP) is 3.12. The van der Waals surface area contributed by atoms with Crippen LogP contribution in [0.4, 0.5) is 0 Å². The lowest BCUT2D eigenvalue weighted by Gasteiger charge is -2.09. The third-order valence-corrected chi connectivity index (χ3v) is 2.66. The van der Waals surface area contributed by atoms with Crippen molar-refractivity contribution in [3.63, 3.8) is 0 Å². The van der Waals surface area contributed by atoms with Gasteiger partial charge < -0.3 is 5.32 Å². The summed E-state index contributed by atoms with van der Waals surface area (Å²) >= 11 is 0. The largest absolute Gasteiger partial charge is 0.356 e. The van der Waals surface area contributed by atoms with Gasteiger partial charge in [0.25, 0.3) is 0 Å². The van der Waals surface area contributed by atoms with Crippen molar-refractivity contribution in [3.05, 3.63) is 0 Å². The Bertz CT molecular complexity index is 145. The molecule has 0 saturated carbocycles. The van der Waals surface area contributed by atoms with Gasteiger partial charge in [-0.05, 0) is 18.8 Å². The van der Waals surface area contributed by atoms with Gasteiger partial charge in [-0.25, -0.2) is 0 Å². The highest BCUT2D eigenvalue weighted by molar-refractivity contribution is 5.75. The summed E-state index contributed by atoms with van der Waals surface area (Å²) in [6, 6.07) is 0. The Balaban J connectivity index is 3.26. The molecule has 0 aliphatic rings. The zero-order valence-corrected chi connectivity index (χ0v) is 9.94. The molecule has 14 heavy (non-hydrogen) atoms. The lowest BCUT2D eigenvalue weighted by molar-refractivity contribution is -0.121. The first kappa shape index (κ1) is 13.5. The lowest BCUT2D eigenvalue weighted by Crippen LogP contribution is -2.25. The number of carbonyl (C=O) groups excluding carboxylic acids is 1. The molecule has 0 spiro atoms. The second-order valence-corrected chi connectivity index (χ2v) is 4.11. The summed E-state index contributed by atoms with van der Waals surface area (Å²) in [5.41, 5.74) is 0. The summed E-state index contributed by atoms with van der Waals surface area (Å²) in [4.78, 5) is 11.3. The highest BCUT2D eigenvalue weighted by Crippen LogP contribution is 2.04. The van der Waals surface area contributed by atoms with Crippen LogP contribution in [0.3, 0.4) is 0 Å². The van der Waals surface area contributed by atoms with E-state index in [0.29, 0.717) is 6.42 Å². The predicted molar refractivity (Wildman–Crippen MR) is 61.2 cm³/mol. The van der Waals surface area contributed by atoms with Gasteiger partial charge in [-0.3, -0.25) is 4.79 Å². The first-order valence-corrected chi connectivity index (χ1v) is 5.97. The number of amides is 1. The molecule has 1 atom stereocenters. The molecular weight excluding hydrogens is 174 g/mol. The molecule has 0 radical (unpaired) electrons. The maximum absolute atomic E-state index is 11.3. The van der Waals surface area contributed by atoms with Gasteiger partial charge >= 0.3 is 0 Å². The van der Waals surface area contributed by atoms with Crippen LogP contribution in [0, 0.1) is 5.92 Å². The standard InChI is InChI=1S/C12H25NO/c1-4-6-7-8-12(14)13-10-9-11(3)5-2/h11H,4-10H2,1-3H3,(H,13,14). The molecule has 0 aromatic rings. The number of rotatable bonds is 8. The van der Waals surface area contributed by atoms with Crippen molar-refractivity contribution >= 4 is 5.91 Å². The molecule has 1 unspecified atom stereocenters. The third-order valence-electron chi connectivity index (χ3n) is 2.66. The molecule has 0 aromatic heterocycles. The van der Waals surface area contributed by atoms with E-state index >= 15 is 0 Å². The van der Waals surface area contributed by atoms with Gasteiger partial charge in [0.15, 0.2) is 0 Å². The number of hydrogen-bond donors (Lipinski definition) is 1. The van der Waals surface area contributed by atoms with E-state index in [9.17, 15) is 4.79 Å². The van der Waals surface area contributed by atoms with Crippen LogP contribution < -0.4 is 5.32 Å². The van der Waals surface area contributed by atoms with Crippen molar-refractivity contribution in [2.75, 3.05) is 6.54 Å². The van der Waals surface area contributed by atoms with Gasteiger partial charge in [0.1, 0.15) is 0 Å². The quantitative estimate of drug-likeness (QED) is 0.598. The van der Waals surface area contributed by atoms with Crippen LogP contribution in [0.1, 0.15) is 59.3 Å². The molecule has 0 fully saturated rings. The fraction of sp³-hybridized carbons (Fsp3) is 0.917. The minimum Gasteiger partial charge on any atom is -0.356 e. The first-order valence-electron chi connectivity index (χ1n) is 5.97. The Morgan fingerprint density at radius 3 is 2.57 bits per heavy atom. The van der Waals surface area contributed by atoms with Crippen molar-refractivity contribution in [1.82, 2.24) is 5.32 Å². The maximum Gasteiger partial charge on any atom is 0.219 e. The van der Waals surface area contributed by atoms with E-state index in [1.807, 2.05) is 0 Å². The summed E-state index contributed by atoms with van der Waals surface area (Å²) in [7, 11) is 0. The minimum atomic E-state index is 0.224. The fourth-order valence-electron chi connectivity index (χ4n) is 1.29. The normalized spacial score (nSPS) is 12.5. The fourth-order valence-corrected chi connectivity index (χ4v) is 1.29. The highest BCUT2D eigenvalue weighted by atomic mass is 16.1. The summed E-state index contributed by atoms with van der Waals surface area (Å²) in [6.07, 6.45) is 6.39. The molecule has 0 rings (SSSR count). The van der Waals surface area contributed by atoms with Crippen LogP contribution in [0.5, 0.6) is 0 Å². The first-order chi connectivity index (χ1) is 6.70. The summed E-state index contributed by atoms with van der Waals surface area (Å²) in [5.74, 6) is 0.952. The SMILES string of the molecule is CCCCCC(=O)NCCC(C)CC. The molecule has 0 aliphatic heterocycles. The van der Waals surface area contributed by atoms with E-state index in [-0.39, 0.29) is 5.91 Å². The topological polar surface area (TPSA) is 29.1 Å². The smallest absolute Gasteiger partial charge is 0.219 e. The summed E-state index contributed by atoms with van der Waals surface area (Å²) in [5, 5.41) is 2.97. The molecule has 84 valence electrons. The van der Waals surface area contributed by atoms with Crippen molar-refractivity contribution < 1.29 is 4.79 Å². The Morgan fingerprint density at radius 2 is 2.00 bits per heavy atom. The monoisotopic (exact) mass is 199 g/mol. The van der Waals surface area contributed by atoms with Gasteiger partial charge in [0.2, 0.25) is 5.91 Å². The van der Waals surface area contributed by atoms with Gasteiger partial charge in [-0.2, -0.15) is 0 Å². The van der Waals surface area contributed by atoms with E-state index in [0.717, 1.165) is 25.3 Å². The van der Waals surface area contributed by atoms with Crippen LogP contribution in [0.15, 0.2) is 0 Å². The highest BCUT2D eigenvalue weighted by Gasteiger charge is 2.01. The maximum atomic E-state index is 11.3. The van der Waals surface area contributed by atoms with Crippen molar-refractivity contribution in [3.8, 4) is 0 Å². The zero-order valence-electron chi connectivity index (χ0n) is 9.94. The van der Waals surface area contributed by atoms with Crippen molar-refractivity contribution in [2.24, 2.45) is 5.92 Å². The number of unbranched alkanes of at least 4 members (excludes halogenated alkanes) is 2. The number of nitrogens with one attached hydrogen (secondary N) is 1.